The van der Waals surface area contributed by atoms with Gasteiger partial charge < -0.3 is 9.84 Å². The van der Waals surface area contributed by atoms with Gasteiger partial charge in [0.05, 0.1) is 11.7 Å². The minimum atomic E-state index is -0.879. The molecule has 0 aromatic carbocycles. The molecule has 0 saturated heterocycles. The van der Waals surface area contributed by atoms with Crippen molar-refractivity contribution in [3.8, 4) is 0 Å². The van der Waals surface area contributed by atoms with Gasteiger partial charge in [-0.05, 0) is 31.9 Å². The monoisotopic (exact) mass is 223 g/mol. The molecule has 0 fully saturated rings. The fourth-order valence-corrected chi connectivity index (χ4v) is 1.53. The number of aromatic nitrogens is 1. The van der Waals surface area contributed by atoms with Gasteiger partial charge >= 0.3 is 0 Å². The summed E-state index contributed by atoms with van der Waals surface area (Å²) in [6.07, 6.45) is 3.15. The normalized spacial score (nSPS) is 16.8. The van der Waals surface area contributed by atoms with Crippen molar-refractivity contribution in [2.75, 3.05) is 7.11 Å². The van der Waals surface area contributed by atoms with Gasteiger partial charge in [-0.1, -0.05) is 13.0 Å². The van der Waals surface area contributed by atoms with Gasteiger partial charge in [0.15, 0.2) is 0 Å². The number of hydrogen-bond acceptors (Lipinski definition) is 3. The Hall–Kier alpha value is -0.930. The van der Waals surface area contributed by atoms with Gasteiger partial charge in [0, 0.05) is 25.4 Å². The van der Waals surface area contributed by atoms with Crippen molar-refractivity contribution >= 4 is 0 Å². The second-order valence-electron chi connectivity index (χ2n) is 4.42. The van der Waals surface area contributed by atoms with E-state index in [2.05, 4.69) is 18.0 Å². The Morgan fingerprint density at radius 2 is 2.19 bits per heavy atom. The summed E-state index contributed by atoms with van der Waals surface area (Å²) in [6.45, 7) is 5.73. The van der Waals surface area contributed by atoms with E-state index in [1.807, 2.05) is 19.2 Å². The summed E-state index contributed by atoms with van der Waals surface area (Å²) in [6, 6.07) is 4.02. The summed E-state index contributed by atoms with van der Waals surface area (Å²) < 4.78 is 5.15. The Morgan fingerprint density at radius 3 is 2.62 bits per heavy atom. The third kappa shape index (κ3) is 3.29. The number of rotatable bonds is 5. The molecule has 0 amide bonds. The predicted molar refractivity (Wildman–Crippen MR) is 64.4 cm³/mol. The molecule has 90 valence electrons. The Morgan fingerprint density at radius 1 is 1.50 bits per heavy atom. The molecule has 0 bridgehead atoms. The molecule has 1 aromatic heterocycles. The first-order valence-electron chi connectivity index (χ1n) is 5.68. The molecule has 3 nitrogen and oxygen atoms in total. The van der Waals surface area contributed by atoms with Gasteiger partial charge in [-0.15, -0.1) is 0 Å². The van der Waals surface area contributed by atoms with Crippen LogP contribution in [0, 0.1) is 0 Å². The Bertz CT molecular complexity index is 319. The molecule has 2 atom stereocenters. The molecule has 1 aromatic rings. The molecule has 2 unspecified atom stereocenters. The van der Waals surface area contributed by atoms with Gasteiger partial charge in [-0.3, -0.25) is 4.98 Å². The van der Waals surface area contributed by atoms with E-state index in [4.69, 9.17) is 4.74 Å². The number of methoxy groups -OCH3 is 1. The van der Waals surface area contributed by atoms with Crippen molar-refractivity contribution in [2.45, 2.75) is 45.3 Å². The van der Waals surface area contributed by atoms with Crippen LogP contribution in [0.4, 0.5) is 0 Å². The first-order chi connectivity index (χ1) is 7.49. The highest BCUT2D eigenvalue weighted by Gasteiger charge is 2.29. The van der Waals surface area contributed by atoms with E-state index in [1.54, 1.807) is 14.0 Å². The smallest absolute Gasteiger partial charge is 0.0932 e. The van der Waals surface area contributed by atoms with Crippen LogP contribution in [0.1, 0.15) is 32.0 Å². The lowest BCUT2D eigenvalue weighted by Gasteiger charge is -2.28. The first-order valence-corrected chi connectivity index (χ1v) is 5.68. The topological polar surface area (TPSA) is 42.4 Å². The Kier molecular flexibility index (Phi) is 4.44. The van der Waals surface area contributed by atoms with Crippen LogP contribution >= 0.6 is 0 Å². The van der Waals surface area contributed by atoms with E-state index >= 15 is 0 Å². The van der Waals surface area contributed by atoms with Gasteiger partial charge in [0.1, 0.15) is 0 Å². The van der Waals surface area contributed by atoms with Crippen molar-refractivity contribution in [2.24, 2.45) is 0 Å². The molecule has 0 aliphatic rings. The quantitative estimate of drug-likeness (QED) is 0.830. The molecule has 1 rings (SSSR count). The van der Waals surface area contributed by atoms with Crippen LogP contribution in [0.5, 0.6) is 0 Å². The number of nitrogens with zero attached hydrogens (tertiary/aromatic N) is 1. The minimum absolute atomic E-state index is 0.208. The van der Waals surface area contributed by atoms with Crippen LogP contribution in [-0.2, 0) is 17.6 Å². The van der Waals surface area contributed by atoms with E-state index in [1.165, 1.54) is 5.56 Å². The lowest BCUT2D eigenvalue weighted by Crippen LogP contribution is -2.40. The van der Waals surface area contributed by atoms with Crippen LogP contribution in [0.25, 0.3) is 0 Å². The second-order valence-corrected chi connectivity index (χ2v) is 4.42. The zero-order chi connectivity index (χ0) is 12.2. The Labute approximate surface area is 97.5 Å². The highest BCUT2D eigenvalue weighted by atomic mass is 16.5. The summed E-state index contributed by atoms with van der Waals surface area (Å²) in [4.78, 5) is 4.34. The van der Waals surface area contributed by atoms with E-state index < -0.39 is 5.60 Å². The van der Waals surface area contributed by atoms with Crippen molar-refractivity contribution < 1.29 is 9.84 Å². The fraction of sp³-hybridized carbons (Fsp3) is 0.615. The number of hydrogen-bond donors (Lipinski definition) is 1. The summed E-state index contributed by atoms with van der Waals surface area (Å²) in [5.41, 5.74) is 1.23. The zero-order valence-electron chi connectivity index (χ0n) is 10.5. The van der Waals surface area contributed by atoms with Crippen molar-refractivity contribution in [3.05, 3.63) is 29.6 Å². The summed E-state index contributed by atoms with van der Waals surface area (Å²) >= 11 is 0. The molecule has 0 radical (unpaired) electrons. The van der Waals surface area contributed by atoms with Crippen LogP contribution in [0.3, 0.4) is 0 Å². The maximum Gasteiger partial charge on any atom is 0.0932 e. The largest absolute Gasteiger partial charge is 0.387 e. The first kappa shape index (κ1) is 13.1. The van der Waals surface area contributed by atoms with E-state index in [0.717, 1.165) is 12.1 Å². The van der Waals surface area contributed by atoms with Gasteiger partial charge in [-0.2, -0.15) is 0 Å². The summed E-state index contributed by atoms with van der Waals surface area (Å²) in [5.74, 6) is 0. The highest BCUT2D eigenvalue weighted by Crippen LogP contribution is 2.18. The lowest BCUT2D eigenvalue weighted by molar-refractivity contribution is -0.0720. The molecular weight excluding hydrogens is 202 g/mol. The van der Waals surface area contributed by atoms with E-state index in [-0.39, 0.29) is 6.10 Å². The Balaban J connectivity index is 2.72. The lowest BCUT2D eigenvalue weighted by atomic mass is 9.94. The van der Waals surface area contributed by atoms with Crippen LogP contribution in [-0.4, -0.2) is 28.9 Å². The third-order valence-electron chi connectivity index (χ3n) is 3.06. The molecule has 16 heavy (non-hydrogen) atoms. The third-order valence-corrected chi connectivity index (χ3v) is 3.06. The molecular formula is C13H21NO2. The van der Waals surface area contributed by atoms with Crippen LogP contribution in [0.2, 0.25) is 0 Å². The maximum atomic E-state index is 10.2. The minimum Gasteiger partial charge on any atom is -0.387 e. The number of pyridine rings is 1. The highest BCUT2D eigenvalue weighted by molar-refractivity contribution is 5.15. The van der Waals surface area contributed by atoms with Crippen molar-refractivity contribution in [1.29, 1.82) is 0 Å². The van der Waals surface area contributed by atoms with Gasteiger partial charge in [0.2, 0.25) is 0 Å². The molecule has 3 heteroatoms. The summed E-state index contributed by atoms with van der Waals surface area (Å²) in [5, 5.41) is 10.2. The van der Waals surface area contributed by atoms with Gasteiger partial charge in [0.25, 0.3) is 0 Å². The zero-order valence-corrected chi connectivity index (χ0v) is 10.5. The predicted octanol–water partition coefficient (Wildman–Crippen LogP) is 1.97. The molecule has 0 aliphatic carbocycles. The van der Waals surface area contributed by atoms with E-state index in [0.29, 0.717) is 6.42 Å². The molecule has 0 spiro atoms. The molecule has 0 aliphatic heterocycles. The van der Waals surface area contributed by atoms with Gasteiger partial charge in [-0.25, -0.2) is 0 Å². The average Bonchev–Trinajstić information content (AvgIpc) is 2.28. The number of aryl methyl sites for hydroxylation is 1. The van der Waals surface area contributed by atoms with E-state index in [9.17, 15) is 5.11 Å². The number of ether oxygens (including phenoxy) is 1. The SMILES string of the molecule is CCc1ccc(CC(C)(O)C(C)OC)nc1. The maximum absolute atomic E-state index is 10.2. The summed E-state index contributed by atoms with van der Waals surface area (Å²) in [7, 11) is 1.60. The number of aliphatic hydroxyl groups is 1. The average molecular weight is 223 g/mol. The second kappa shape index (κ2) is 5.41. The van der Waals surface area contributed by atoms with Crippen LogP contribution < -0.4 is 0 Å². The fourth-order valence-electron chi connectivity index (χ4n) is 1.53. The molecule has 1 heterocycles. The van der Waals surface area contributed by atoms with Crippen molar-refractivity contribution in [1.82, 2.24) is 4.98 Å². The van der Waals surface area contributed by atoms with Crippen molar-refractivity contribution in [3.63, 3.8) is 0 Å². The standard InChI is InChI=1S/C13H21NO2/c1-5-11-6-7-12(14-9-11)8-13(3,15)10(2)16-4/h6-7,9-10,15H,5,8H2,1-4H3. The molecule has 1 N–H and O–H groups in total. The molecule has 0 saturated carbocycles. The van der Waals surface area contributed by atoms with Crippen LogP contribution in [0.15, 0.2) is 18.3 Å².